The van der Waals surface area contributed by atoms with Crippen LogP contribution < -0.4 is 10.6 Å². The molecule has 0 fully saturated rings. The maximum absolute atomic E-state index is 13.4. The maximum Gasteiger partial charge on any atom is 0.416 e. The van der Waals surface area contributed by atoms with E-state index in [1.807, 2.05) is 0 Å². The Labute approximate surface area is 116 Å². The van der Waals surface area contributed by atoms with E-state index in [2.05, 4.69) is 24.5 Å². The smallest absolute Gasteiger partial charge is 0.315 e. The van der Waals surface area contributed by atoms with Crippen LogP contribution in [-0.2, 0) is 12.7 Å². The number of nitrogens with one attached hydrogen (secondary N) is 2. The largest absolute Gasteiger partial charge is 0.416 e. The van der Waals surface area contributed by atoms with Crippen LogP contribution >= 0.6 is 0 Å². The molecule has 6 heteroatoms. The summed E-state index contributed by atoms with van der Waals surface area (Å²) in [7, 11) is 0. The summed E-state index contributed by atoms with van der Waals surface area (Å²) in [4.78, 5) is 0. The van der Waals surface area contributed by atoms with Crippen molar-refractivity contribution in [2.75, 3.05) is 19.6 Å². The van der Waals surface area contributed by atoms with Gasteiger partial charge >= 0.3 is 6.18 Å². The van der Waals surface area contributed by atoms with Crippen molar-refractivity contribution in [2.45, 2.75) is 26.6 Å². The monoisotopic (exact) mass is 292 g/mol. The van der Waals surface area contributed by atoms with Crippen LogP contribution in [0.15, 0.2) is 18.2 Å². The predicted octanol–water partition coefficient (Wildman–Crippen LogP) is 3.18. The SMILES string of the molecule is CC(C)CNCCNCc1cc(C(F)(F)F)ccc1F. The van der Waals surface area contributed by atoms with E-state index in [1.54, 1.807) is 0 Å². The van der Waals surface area contributed by atoms with Crippen LogP contribution in [0.2, 0.25) is 0 Å². The minimum absolute atomic E-state index is 0.0312. The van der Waals surface area contributed by atoms with Crippen LogP contribution in [0.1, 0.15) is 25.0 Å². The van der Waals surface area contributed by atoms with Gasteiger partial charge in [-0.25, -0.2) is 4.39 Å². The van der Waals surface area contributed by atoms with Gasteiger partial charge in [-0.2, -0.15) is 13.2 Å². The number of hydrogen-bond donors (Lipinski definition) is 2. The highest BCUT2D eigenvalue weighted by atomic mass is 19.4. The Hall–Kier alpha value is -1.14. The van der Waals surface area contributed by atoms with Gasteiger partial charge in [-0.15, -0.1) is 0 Å². The highest BCUT2D eigenvalue weighted by molar-refractivity contribution is 5.27. The molecule has 0 aromatic heterocycles. The number of hydrogen-bond acceptors (Lipinski definition) is 2. The van der Waals surface area contributed by atoms with Gasteiger partial charge in [-0.3, -0.25) is 0 Å². The zero-order valence-electron chi connectivity index (χ0n) is 11.6. The average Bonchev–Trinajstić information content (AvgIpc) is 2.33. The summed E-state index contributed by atoms with van der Waals surface area (Å²) in [6.45, 7) is 6.39. The van der Waals surface area contributed by atoms with Crippen molar-refractivity contribution in [1.29, 1.82) is 0 Å². The van der Waals surface area contributed by atoms with E-state index in [0.717, 1.165) is 24.7 Å². The molecule has 0 aliphatic rings. The van der Waals surface area contributed by atoms with E-state index in [-0.39, 0.29) is 12.1 Å². The summed E-state index contributed by atoms with van der Waals surface area (Å²) in [5.74, 6) is -0.0865. The fourth-order valence-electron chi connectivity index (χ4n) is 1.68. The Morgan fingerprint density at radius 1 is 1.10 bits per heavy atom. The average molecular weight is 292 g/mol. The molecule has 2 nitrogen and oxygen atoms in total. The van der Waals surface area contributed by atoms with Crippen LogP contribution in [0.3, 0.4) is 0 Å². The second kappa shape index (κ2) is 7.59. The summed E-state index contributed by atoms with van der Waals surface area (Å²) < 4.78 is 50.9. The molecule has 0 aliphatic carbocycles. The zero-order chi connectivity index (χ0) is 15.2. The maximum atomic E-state index is 13.4. The zero-order valence-corrected chi connectivity index (χ0v) is 11.6. The molecular weight excluding hydrogens is 272 g/mol. The number of rotatable bonds is 7. The molecule has 1 aromatic rings. The van der Waals surface area contributed by atoms with Crippen molar-refractivity contribution in [3.05, 3.63) is 35.1 Å². The van der Waals surface area contributed by atoms with E-state index in [1.165, 1.54) is 0 Å². The van der Waals surface area contributed by atoms with Gasteiger partial charge in [0, 0.05) is 25.2 Å². The lowest BCUT2D eigenvalue weighted by molar-refractivity contribution is -0.137. The van der Waals surface area contributed by atoms with Gasteiger partial charge in [-0.1, -0.05) is 13.8 Å². The number of halogens is 4. The van der Waals surface area contributed by atoms with Gasteiger partial charge in [0.25, 0.3) is 0 Å². The van der Waals surface area contributed by atoms with Gasteiger partial charge in [0.05, 0.1) is 5.56 Å². The molecule has 0 saturated carbocycles. The Morgan fingerprint density at radius 3 is 2.35 bits per heavy atom. The van der Waals surface area contributed by atoms with Crippen LogP contribution in [0, 0.1) is 11.7 Å². The van der Waals surface area contributed by atoms with Gasteiger partial charge in [0.2, 0.25) is 0 Å². The Morgan fingerprint density at radius 2 is 1.75 bits per heavy atom. The molecule has 2 N–H and O–H groups in total. The predicted molar refractivity (Wildman–Crippen MR) is 70.8 cm³/mol. The van der Waals surface area contributed by atoms with E-state index >= 15 is 0 Å². The molecule has 0 bridgehead atoms. The number of alkyl halides is 3. The number of benzene rings is 1. The molecule has 0 aliphatic heterocycles. The first-order valence-electron chi connectivity index (χ1n) is 6.57. The Balaban J connectivity index is 2.43. The van der Waals surface area contributed by atoms with E-state index in [0.29, 0.717) is 19.0 Å². The van der Waals surface area contributed by atoms with E-state index in [9.17, 15) is 17.6 Å². The standard InChI is InChI=1S/C14H20F4N2/c1-10(2)8-19-5-6-20-9-11-7-12(14(16,17)18)3-4-13(11)15/h3-4,7,10,19-20H,5-6,8-9H2,1-2H3. The topological polar surface area (TPSA) is 24.1 Å². The third-order valence-electron chi connectivity index (χ3n) is 2.72. The molecule has 1 aromatic carbocycles. The molecular formula is C14H20F4N2. The molecule has 1 rings (SSSR count). The lowest BCUT2D eigenvalue weighted by Gasteiger charge is -2.11. The van der Waals surface area contributed by atoms with Crippen molar-refractivity contribution in [2.24, 2.45) is 5.92 Å². The minimum atomic E-state index is -4.44. The van der Waals surface area contributed by atoms with Crippen LogP contribution in [0.5, 0.6) is 0 Å². The molecule has 0 unspecified atom stereocenters. The highest BCUT2D eigenvalue weighted by Crippen LogP contribution is 2.30. The van der Waals surface area contributed by atoms with Crippen LogP contribution in [0.25, 0.3) is 0 Å². The third kappa shape index (κ3) is 5.88. The van der Waals surface area contributed by atoms with Gasteiger partial charge in [0.15, 0.2) is 0 Å². The normalized spacial score (nSPS) is 12.2. The first kappa shape index (κ1) is 16.9. The quantitative estimate of drug-likeness (QED) is 0.596. The molecule has 0 amide bonds. The Kier molecular flexibility index (Phi) is 6.42. The van der Waals surface area contributed by atoms with Gasteiger partial charge in [0.1, 0.15) is 5.82 Å². The highest BCUT2D eigenvalue weighted by Gasteiger charge is 2.30. The van der Waals surface area contributed by atoms with Crippen molar-refractivity contribution in [3.63, 3.8) is 0 Å². The van der Waals surface area contributed by atoms with Gasteiger partial charge in [-0.05, 0) is 30.7 Å². The lowest BCUT2D eigenvalue weighted by Crippen LogP contribution is -2.29. The summed E-state index contributed by atoms with van der Waals surface area (Å²) >= 11 is 0. The van der Waals surface area contributed by atoms with Crippen molar-refractivity contribution in [3.8, 4) is 0 Å². The third-order valence-corrected chi connectivity index (χ3v) is 2.72. The first-order valence-corrected chi connectivity index (χ1v) is 6.57. The van der Waals surface area contributed by atoms with E-state index in [4.69, 9.17) is 0 Å². The molecule has 0 spiro atoms. The molecule has 0 saturated heterocycles. The molecule has 20 heavy (non-hydrogen) atoms. The summed E-state index contributed by atoms with van der Waals surface area (Å²) in [5, 5.41) is 6.11. The van der Waals surface area contributed by atoms with Crippen molar-refractivity contribution in [1.82, 2.24) is 10.6 Å². The molecule has 0 radical (unpaired) electrons. The van der Waals surface area contributed by atoms with Crippen molar-refractivity contribution >= 4 is 0 Å². The first-order chi connectivity index (χ1) is 9.30. The summed E-state index contributed by atoms with van der Waals surface area (Å²) in [5.41, 5.74) is -0.794. The lowest BCUT2D eigenvalue weighted by atomic mass is 10.1. The fraction of sp³-hybridized carbons (Fsp3) is 0.571. The summed E-state index contributed by atoms with van der Waals surface area (Å²) in [6.07, 6.45) is -4.44. The minimum Gasteiger partial charge on any atom is -0.315 e. The van der Waals surface area contributed by atoms with Gasteiger partial charge < -0.3 is 10.6 Å². The van der Waals surface area contributed by atoms with E-state index < -0.39 is 17.6 Å². The van der Waals surface area contributed by atoms with Crippen LogP contribution in [0.4, 0.5) is 17.6 Å². The molecule has 0 atom stereocenters. The Bertz CT molecular complexity index is 416. The second-order valence-corrected chi connectivity index (χ2v) is 5.08. The molecule has 0 heterocycles. The summed E-state index contributed by atoms with van der Waals surface area (Å²) in [6, 6.07) is 2.46. The fourth-order valence-corrected chi connectivity index (χ4v) is 1.68. The molecule has 114 valence electrons. The second-order valence-electron chi connectivity index (χ2n) is 5.08. The van der Waals surface area contributed by atoms with Crippen LogP contribution in [-0.4, -0.2) is 19.6 Å². The van der Waals surface area contributed by atoms with Crippen molar-refractivity contribution < 1.29 is 17.6 Å².